The lowest BCUT2D eigenvalue weighted by Crippen LogP contribution is -2.08. The van der Waals surface area contributed by atoms with Gasteiger partial charge in [-0.05, 0) is 13.0 Å². The number of anilines is 1. The predicted octanol–water partition coefficient (Wildman–Crippen LogP) is 2.72. The van der Waals surface area contributed by atoms with Crippen molar-refractivity contribution < 1.29 is 0 Å². The van der Waals surface area contributed by atoms with Gasteiger partial charge in [-0.25, -0.2) is 9.97 Å². The van der Waals surface area contributed by atoms with Gasteiger partial charge in [-0.1, -0.05) is 20.8 Å². The largest absolute Gasteiger partial charge is 0.357 e. The number of aromatic nitrogens is 2. The van der Waals surface area contributed by atoms with Gasteiger partial charge in [0.2, 0.25) is 5.95 Å². The fourth-order valence-corrected chi connectivity index (χ4v) is 2.01. The molecule has 14 heavy (non-hydrogen) atoms. The average Bonchev–Trinajstić information content (AvgIpc) is 1.99. The molecule has 0 aromatic carbocycles. The Kier molecular flexibility index (Phi) is 3.37. The molecular formula is C10H17N3S. The van der Waals surface area contributed by atoms with Gasteiger partial charge in [-0.2, -0.15) is 0 Å². The van der Waals surface area contributed by atoms with Crippen molar-refractivity contribution >= 4 is 17.7 Å². The molecule has 0 bridgehead atoms. The van der Waals surface area contributed by atoms with Gasteiger partial charge in [0, 0.05) is 17.5 Å². The molecule has 0 fully saturated rings. The van der Waals surface area contributed by atoms with E-state index in [1.807, 2.05) is 20.0 Å². The lowest BCUT2D eigenvalue weighted by Gasteiger charge is -2.17. The van der Waals surface area contributed by atoms with Gasteiger partial charge in [0.1, 0.15) is 5.03 Å². The van der Waals surface area contributed by atoms with Crippen LogP contribution in [0.15, 0.2) is 11.1 Å². The quantitative estimate of drug-likeness (QED) is 0.603. The van der Waals surface area contributed by atoms with Crippen molar-refractivity contribution in [1.82, 2.24) is 9.97 Å². The molecule has 0 amide bonds. The Morgan fingerprint density at radius 2 is 1.93 bits per heavy atom. The normalized spacial score (nSPS) is 11.5. The molecule has 3 nitrogen and oxygen atoms in total. The van der Waals surface area contributed by atoms with E-state index in [1.54, 1.807) is 11.8 Å². The molecule has 0 aliphatic carbocycles. The summed E-state index contributed by atoms with van der Waals surface area (Å²) in [5.74, 6) is 0.691. The highest BCUT2D eigenvalue weighted by molar-refractivity contribution is 8.00. The first-order chi connectivity index (χ1) is 6.40. The highest BCUT2D eigenvalue weighted by atomic mass is 32.2. The molecule has 0 spiro atoms. The maximum atomic E-state index is 4.38. The molecular weight excluding hydrogens is 194 g/mol. The standard InChI is InChI=1S/C10H17N3S/c1-7-6-8(14-10(2,3)4)13-9(11-5)12-7/h6H,1-5H3,(H,11,12,13). The third-order valence-corrected chi connectivity index (χ3v) is 2.50. The second-order valence-electron chi connectivity index (χ2n) is 4.14. The Balaban J connectivity index is 2.92. The summed E-state index contributed by atoms with van der Waals surface area (Å²) in [6.45, 7) is 8.51. The predicted molar refractivity (Wildman–Crippen MR) is 61.9 cm³/mol. The third kappa shape index (κ3) is 3.54. The number of rotatable bonds is 2. The van der Waals surface area contributed by atoms with E-state index in [0.717, 1.165) is 10.7 Å². The van der Waals surface area contributed by atoms with Crippen LogP contribution >= 0.6 is 11.8 Å². The molecule has 78 valence electrons. The molecule has 0 saturated carbocycles. The van der Waals surface area contributed by atoms with Crippen LogP contribution in [0.3, 0.4) is 0 Å². The highest BCUT2D eigenvalue weighted by Crippen LogP contribution is 2.30. The van der Waals surface area contributed by atoms with Gasteiger partial charge in [0.15, 0.2) is 0 Å². The van der Waals surface area contributed by atoms with E-state index < -0.39 is 0 Å². The van der Waals surface area contributed by atoms with E-state index in [9.17, 15) is 0 Å². The fourth-order valence-electron chi connectivity index (χ4n) is 1.02. The van der Waals surface area contributed by atoms with E-state index in [1.165, 1.54) is 0 Å². The van der Waals surface area contributed by atoms with Crippen LogP contribution in [0.1, 0.15) is 26.5 Å². The molecule has 1 rings (SSSR count). The third-order valence-electron chi connectivity index (χ3n) is 1.47. The summed E-state index contributed by atoms with van der Waals surface area (Å²) < 4.78 is 0.186. The van der Waals surface area contributed by atoms with E-state index in [-0.39, 0.29) is 4.75 Å². The molecule has 0 radical (unpaired) electrons. The molecule has 1 N–H and O–H groups in total. The van der Waals surface area contributed by atoms with Gasteiger partial charge in [-0.15, -0.1) is 11.8 Å². The summed E-state index contributed by atoms with van der Waals surface area (Å²) in [4.78, 5) is 8.62. The van der Waals surface area contributed by atoms with Crippen molar-refractivity contribution in [3.05, 3.63) is 11.8 Å². The monoisotopic (exact) mass is 211 g/mol. The van der Waals surface area contributed by atoms with Crippen LogP contribution < -0.4 is 5.32 Å². The van der Waals surface area contributed by atoms with Gasteiger partial charge >= 0.3 is 0 Å². The number of aryl methyl sites for hydroxylation is 1. The van der Waals surface area contributed by atoms with E-state index in [0.29, 0.717) is 5.95 Å². The molecule has 0 aliphatic heterocycles. The van der Waals surface area contributed by atoms with Crippen LogP contribution in [0.5, 0.6) is 0 Å². The molecule has 1 aromatic rings. The van der Waals surface area contributed by atoms with Crippen LogP contribution in [0.4, 0.5) is 5.95 Å². The van der Waals surface area contributed by atoms with E-state index >= 15 is 0 Å². The van der Waals surface area contributed by atoms with Crippen LogP contribution in [0, 0.1) is 6.92 Å². The van der Waals surface area contributed by atoms with E-state index in [2.05, 4.69) is 36.1 Å². The summed E-state index contributed by atoms with van der Waals surface area (Å²) in [5, 5.41) is 3.98. The second-order valence-corrected chi connectivity index (χ2v) is 5.98. The fraction of sp³-hybridized carbons (Fsp3) is 0.600. The van der Waals surface area contributed by atoms with Gasteiger partial charge in [0.25, 0.3) is 0 Å². The summed E-state index contributed by atoms with van der Waals surface area (Å²) in [6, 6.07) is 2.01. The minimum Gasteiger partial charge on any atom is -0.357 e. The molecule has 0 atom stereocenters. The van der Waals surface area contributed by atoms with Crippen molar-refractivity contribution in [2.24, 2.45) is 0 Å². The smallest absolute Gasteiger partial charge is 0.223 e. The van der Waals surface area contributed by atoms with Gasteiger partial charge < -0.3 is 5.32 Å². The number of hydrogen-bond donors (Lipinski definition) is 1. The topological polar surface area (TPSA) is 37.8 Å². The summed E-state index contributed by atoms with van der Waals surface area (Å²) in [7, 11) is 1.83. The zero-order valence-electron chi connectivity index (χ0n) is 9.38. The van der Waals surface area contributed by atoms with Crippen molar-refractivity contribution in [1.29, 1.82) is 0 Å². The highest BCUT2D eigenvalue weighted by Gasteiger charge is 2.13. The van der Waals surface area contributed by atoms with Crippen LogP contribution in [-0.2, 0) is 0 Å². The summed E-state index contributed by atoms with van der Waals surface area (Å²) in [5.41, 5.74) is 0.996. The first-order valence-corrected chi connectivity index (χ1v) is 5.45. The minimum absolute atomic E-state index is 0.186. The average molecular weight is 211 g/mol. The van der Waals surface area contributed by atoms with Gasteiger partial charge in [0.05, 0.1) is 0 Å². The molecule has 1 aromatic heterocycles. The lowest BCUT2D eigenvalue weighted by molar-refractivity contribution is 0.798. The zero-order valence-corrected chi connectivity index (χ0v) is 10.2. The Morgan fingerprint density at radius 3 is 2.43 bits per heavy atom. The SMILES string of the molecule is CNc1nc(C)cc(SC(C)(C)C)n1. The Bertz CT molecular complexity index is 318. The van der Waals surface area contributed by atoms with Gasteiger partial charge in [-0.3, -0.25) is 0 Å². The second kappa shape index (κ2) is 4.17. The zero-order chi connectivity index (χ0) is 10.8. The number of thioether (sulfide) groups is 1. The van der Waals surface area contributed by atoms with E-state index in [4.69, 9.17) is 0 Å². The van der Waals surface area contributed by atoms with Crippen LogP contribution in [0.2, 0.25) is 0 Å². The lowest BCUT2D eigenvalue weighted by atomic mass is 10.3. The molecule has 0 aliphatic rings. The van der Waals surface area contributed by atoms with Crippen LogP contribution in [0.25, 0.3) is 0 Å². The first kappa shape index (κ1) is 11.3. The maximum Gasteiger partial charge on any atom is 0.223 e. The molecule has 1 heterocycles. The minimum atomic E-state index is 0.186. The number of hydrogen-bond acceptors (Lipinski definition) is 4. The molecule has 4 heteroatoms. The van der Waals surface area contributed by atoms with Crippen molar-refractivity contribution in [2.45, 2.75) is 37.5 Å². The van der Waals surface area contributed by atoms with Crippen molar-refractivity contribution in [3.63, 3.8) is 0 Å². The van der Waals surface area contributed by atoms with Crippen molar-refractivity contribution in [3.8, 4) is 0 Å². The Morgan fingerprint density at radius 1 is 1.29 bits per heavy atom. The first-order valence-electron chi connectivity index (χ1n) is 4.63. The Labute approximate surface area is 89.7 Å². The number of nitrogens with zero attached hydrogens (tertiary/aromatic N) is 2. The number of nitrogens with one attached hydrogen (secondary N) is 1. The van der Waals surface area contributed by atoms with Crippen molar-refractivity contribution in [2.75, 3.05) is 12.4 Å². The summed E-state index contributed by atoms with van der Waals surface area (Å²) in [6.07, 6.45) is 0. The molecule has 0 unspecified atom stereocenters. The summed E-state index contributed by atoms with van der Waals surface area (Å²) >= 11 is 1.75. The molecule has 0 saturated heterocycles. The van der Waals surface area contributed by atoms with Crippen LogP contribution in [-0.4, -0.2) is 21.8 Å². The maximum absolute atomic E-state index is 4.38. The Hall–Kier alpha value is -0.770.